The normalized spacial score (nSPS) is 12.7. The van der Waals surface area contributed by atoms with Crippen molar-refractivity contribution in [3.05, 3.63) is 35.9 Å². The molecule has 0 bridgehead atoms. The lowest BCUT2D eigenvalue weighted by Crippen LogP contribution is -2.85. The van der Waals surface area contributed by atoms with Crippen molar-refractivity contribution in [1.82, 2.24) is 0 Å². The van der Waals surface area contributed by atoms with Gasteiger partial charge in [0, 0.05) is 5.41 Å². The fourth-order valence-corrected chi connectivity index (χ4v) is 1.44. The predicted octanol–water partition coefficient (Wildman–Crippen LogP) is 1.33. The van der Waals surface area contributed by atoms with Gasteiger partial charge in [-0.3, -0.25) is 0 Å². The molecule has 0 aliphatic carbocycles. The van der Waals surface area contributed by atoms with Gasteiger partial charge in [0.15, 0.2) is 0 Å². The largest absolute Gasteiger partial charge is 0.382 e. The summed E-state index contributed by atoms with van der Waals surface area (Å²) in [7, 11) is 0. The Morgan fingerprint density at radius 2 is 1.88 bits per heavy atom. The summed E-state index contributed by atoms with van der Waals surface area (Å²) in [6.07, 6.45) is -0.410. The fraction of sp³-hybridized carbons (Fsp3) is 0.467. The minimum Gasteiger partial charge on any atom is -0.382 e. The molecule has 92 valence electrons. The van der Waals surface area contributed by atoms with Gasteiger partial charge in [-0.2, -0.15) is 0 Å². The first-order valence-electron chi connectivity index (χ1n) is 6.04. The standard InChI is InChI=1S/C15H21NO/c1-15(2,3)10-7-11-16-12-14(17)13-8-5-4-6-9-13/h4-6,8-9,14,16-17H,11-12H2,1-3H3/p+1/t14-/m0/s1. The van der Waals surface area contributed by atoms with Crippen LogP contribution >= 0.6 is 0 Å². The van der Waals surface area contributed by atoms with E-state index in [2.05, 4.69) is 32.6 Å². The second-order valence-corrected chi connectivity index (χ2v) is 5.21. The van der Waals surface area contributed by atoms with Crippen LogP contribution in [0.5, 0.6) is 0 Å². The van der Waals surface area contributed by atoms with Gasteiger partial charge in [0.1, 0.15) is 19.2 Å². The van der Waals surface area contributed by atoms with Crippen LogP contribution in [-0.4, -0.2) is 18.2 Å². The van der Waals surface area contributed by atoms with Gasteiger partial charge < -0.3 is 10.4 Å². The molecule has 0 unspecified atom stereocenters. The minimum atomic E-state index is -0.410. The van der Waals surface area contributed by atoms with Crippen molar-refractivity contribution in [3.8, 4) is 11.8 Å². The summed E-state index contributed by atoms with van der Waals surface area (Å²) in [5, 5.41) is 11.9. The monoisotopic (exact) mass is 232 g/mol. The second-order valence-electron chi connectivity index (χ2n) is 5.21. The molecule has 0 spiro atoms. The number of nitrogens with two attached hydrogens (primary N) is 1. The van der Waals surface area contributed by atoms with Gasteiger partial charge in [0.2, 0.25) is 0 Å². The topological polar surface area (TPSA) is 36.8 Å². The number of aliphatic hydroxyl groups is 1. The SMILES string of the molecule is CC(C)(C)C#CC[NH2+]C[C@H](O)c1ccccc1. The Kier molecular flexibility index (Phi) is 5.21. The first-order valence-corrected chi connectivity index (χ1v) is 6.04. The van der Waals surface area contributed by atoms with Gasteiger partial charge in [-0.25, -0.2) is 0 Å². The van der Waals surface area contributed by atoms with Crippen LogP contribution in [0.25, 0.3) is 0 Å². The van der Waals surface area contributed by atoms with Crippen molar-refractivity contribution in [2.24, 2.45) is 5.41 Å². The lowest BCUT2D eigenvalue weighted by molar-refractivity contribution is -0.651. The molecule has 0 heterocycles. The molecule has 0 radical (unpaired) electrons. The van der Waals surface area contributed by atoms with Crippen molar-refractivity contribution < 1.29 is 10.4 Å². The smallest absolute Gasteiger partial charge is 0.137 e. The Labute approximate surface area is 104 Å². The van der Waals surface area contributed by atoms with Crippen LogP contribution in [0.4, 0.5) is 0 Å². The zero-order valence-electron chi connectivity index (χ0n) is 10.9. The molecular weight excluding hydrogens is 210 g/mol. The van der Waals surface area contributed by atoms with E-state index in [0.29, 0.717) is 6.54 Å². The number of rotatable bonds is 4. The molecule has 0 aliphatic heterocycles. The highest BCUT2D eigenvalue weighted by atomic mass is 16.3. The molecule has 1 atom stereocenters. The molecule has 0 fully saturated rings. The van der Waals surface area contributed by atoms with Crippen LogP contribution in [0.1, 0.15) is 32.4 Å². The van der Waals surface area contributed by atoms with Crippen LogP contribution in [0.2, 0.25) is 0 Å². The maximum Gasteiger partial charge on any atom is 0.137 e. The summed E-state index contributed by atoms with van der Waals surface area (Å²) >= 11 is 0. The Bertz CT molecular complexity index is 381. The fourth-order valence-electron chi connectivity index (χ4n) is 1.44. The average molecular weight is 232 g/mol. The first kappa shape index (κ1) is 13.8. The number of aliphatic hydroxyl groups excluding tert-OH is 1. The number of hydrogen-bond acceptors (Lipinski definition) is 1. The van der Waals surface area contributed by atoms with Crippen molar-refractivity contribution in [1.29, 1.82) is 0 Å². The summed E-state index contributed by atoms with van der Waals surface area (Å²) < 4.78 is 0. The molecule has 0 aromatic heterocycles. The van der Waals surface area contributed by atoms with E-state index in [1.54, 1.807) is 0 Å². The zero-order valence-corrected chi connectivity index (χ0v) is 10.9. The van der Waals surface area contributed by atoms with Crippen LogP contribution < -0.4 is 5.32 Å². The van der Waals surface area contributed by atoms with Crippen molar-refractivity contribution in [3.63, 3.8) is 0 Å². The molecule has 0 saturated heterocycles. The number of quaternary nitrogens is 1. The first-order chi connectivity index (χ1) is 7.99. The second kappa shape index (κ2) is 6.44. The molecule has 2 nitrogen and oxygen atoms in total. The lowest BCUT2D eigenvalue weighted by Gasteiger charge is -2.09. The van der Waals surface area contributed by atoms with E-state index >= 15 is 0 Å². The maximum absolute atomic E-state index is 9.90. The lowest BCUT2D eigenvalue weighted by atomic mass is 9.98. The van der Waals surface area contributed by atoms with Crippen LogP contribution in [0.15, 0.2) is 30.3 Å². The van der Waals surface area contributed by atoms with Gasteiger partial charge in [-0.1, -0.05) is 36.3 Å². The van der Waals surface area contributed by atoms with E-state index in [4.69, 9.17) is 0 Å². The van der Waals surface area contributed by atoms with Gasteiger partial charge in [-0.15, -0.1) is 0 Å². The quantitative estimate of drug-likeness (QED) is 0.596. The van der Waals surface area contributed by atoms with Crippen LogP contribution in [0.3, 0.4) is 0 Å². The molecule has 3 N–H and O–H groups in total. The summed E-state index contributed by atoms with van der Waals surface area (Å²) in [5.41, 5.74) is 1.03. The van der Waals surface area contributed by atoms with E-state index in [1.165, 1.54) is 0 Å². The molecule has 0 aliphatic rings. The molecule has 1 aromatic rings. The summed E-state index contributed by atoms with van der Waals surface area (Å²) in [6.45, 7) is 7.68. The average Bonchev–Trinajstić information content (AvgIpc) is 2.28. The minimum absolute atomic E-state index is 0.0614. The van der Waals surface area contributed by atoms with Gasteiger partial charge >= 0.3 is 0 Å². The predicted molar refractivity (Wildman–Crippen MR) is 70.3 cm³/mol. The van der Waals surface area contributed by atoms with Crippen molar-refractivity contribution in [2.45, 2.75) is 26.9 Å². The molecule has 0 amide bonds. The maximum atomic E-state index is 9.90. The molecule has 1 rings (SSSR count). The van der Waals surface area contributed by atoms with E-state index < -0.39 is 6.10 Å². The zero-order chi connectivity index (χ0) is 12.7. The molecular formula is C15H22NO+. The van der Waals surface area contributed by atoms with Crippen LogP contribution in [0, 0.1) is 17.3 Å². The molecule has 1 aromatic carbocycles. The third-order valence-electron chi connectivity index (χ3n) is 2.28. The summed E-state index contributed by atoms with van der Waals surface area (Å²) in [4.78, 5) is 0. The van der Waals surface area contributed by atoms with Crippen molar-refractivity contribution >= 4 is 0 Å². The van der Waals surface area contributed by atoms with Gasteiger partial charge in [0.05, 0.1) is 0 Å². The Balaban J connectivity index is 2.30. The Morgan fingerprint density at radius 3 is 2.47 bits per heavy atom. The summed E-state index contributed by atoms with van der Waals surface area (Å²) in [5.74, 6) is 6.29. The van der Waals surface area contributed by atoms with E-state index in [-0.39, 0.29) is 5.41 Å². The van der Waals surface area contributed by atoms with Crippen molar-refractivity contribution in [2.75, 3.05) is 13.1 Å². The van der Waals surface area contributed by atoms with Gasteiger partial charge in [-0.05, 0) is 32.3 Å². The van der Waals surface area contributed by atoms with E-state index in [1.807, 2.05) is 35.6 Å². The molecule has 17 heavy (non-hydrogen) atoms. The molecule has 0 saturated carbocycles. The number of benzene rings is 1. The van der Waals surface area contributed by atoms with Gasteiger partial charge in [0.25, 0.3) is 0 Å². The highest BCUT2D eigenvalue weighted by molar-refractivity contribution is 5.17. The third kappa shape index (κ3) is 6.11. The van der Waals surface area contributed by atoms with Crippen LogP contribution in [-0.2, 0) is 0 Å². The summed E-state index contributed by atoms with van der Waals surface area (Å²) in [6, 6.07) is 9.73. The number of hydrogen-bond donors (Lipinski definition) is 2. The van der Waals surface area contributed by atoms with E-state index in [0.717, 1.165) is 12.1 Å². The highest BCUT2D eigenvalue weighted by Gasteiger charge is 2.07. The third-order valence-corrected chi connectivity index (χ3v) is 2.28. The highest BCUT2D eigenvalue weighted by Crippen LogP contribution is 2.09. The Morgan fingerprint density at radius 1 is 1.24 bits per heavy atom. The molecule has 2 heteroatoms. The Hall–Kier alpha value is -1.30. The van der Waals surface area contributed by atoms with E-state index in [9.17, 15) is 5.11 Å².